The van der Waals surface area contributed by atoms with Gasteiger partial charge in [0.05, 0.1) is 12.0 Å². The second-order valence-electron chi connectivity index (χ2n) is 3.43. The third-order valence-corrected chi connectivity index (χ3v) is 2.36. The quantitative estimate of drug-likeness (QED) is 0.873. The molecular weight excluding hydrogens is 286 g/mol. The molecule has 0 radical (unpaired) electrons. The maximum atomic E-state index is 11.5. The Labute approximate surface area is 107 Å². The van der Waals surface area contributed by atoms with E-state index in [0.717, 1.165) is 0 Å². The fourth-order valence-corrected chi connectivity index (χ4v) is 1.45. The van der Waals surface area contributed by atoms with Crippen LogP contribution in [0.1, 0.15) is 15.9 Å². The second-order valence-corrected chi connectivity index (χ2v) is 4.55. The molecule has 1 rings (SSSR count). The minimum Gasteiger partial charge on any atom is -0.478 e. The Hall–Kier alpha value is -1.62. The molecule has 0 spiro atoms. The highest BCUT2D eigenvalue weighted by Crippen LogP contribution is 2.09. The molecule has 0 heterocycles. The van der Waals surface area contributed by atoms with Gasteiger partial charge in [0.1, 0.15) is 0 Å². The van der Waals surface area contributed by atoms with Crippen molar-refractivity contribution in [1.29, 1.82) is 0 Å². The smallest absolute Gasteiger partial charge is 0.335 e. The SMILES string of the molecule is C=C(Br)CNC(=O)Cc1ccccc1C(=O)O. The normalized spacial score (nSPS) is 9.71. The van der Waals surface area contributed by atoms with Crippen molar-refractivity contribution >= 4 is 27.8 Å². The Bertz CT molecular complexity index is 457. The molecule has 0 atom stereocenters. The fourth-order valence-electron chi connectivity index (χ4n) is 1.31. The highest BCUT2D eigenvalue weighted by atomic mass is 79.9. The van der Waals surface area contributed by atoms with Crippen molar-refractivity contribution in [3.63, 3.8) is 0 Å². The van der Waals surface area contributed by atoms with Gasteiger partial charge < -0.3 is 10.4 Å². The van der Waals surface area contributed by atoms with E-state index in [-0.39, 0.29) is 17.9 Å². The maximum absolute atomic E-state index is 11.5. The summed E-state index contributed by atoms with van der Waals surface area (Å²) in [7, 11) is 0. The number of hydrogen-bond donors (Lipinski definition) is 2. The van der Waals surface area contributed by atoms with Crippen LogP contribution < -0.4 is 5.32 Å². The molecule has 1 aromatic rings. The number of benzene rings is 1. The molecule has 0 aliphatic heterocycles. The number of halogens is 1. The molecule has 0 saturated heterocycles. The lowest BCUT2D eigenvalue weighted by molar-refractivity contribution is -0.120. The summed E-state index contributed by atoms with van der Waals surface area (Å²) in [5.41, 5.74) is 0.651. The van der Waals surface area contributed by atoms with E-state index in [0.29, 0.717) is 16.6 Å². The average molecular weight is 298 g/mol. The summed E-state index contributed by atoms with van der Waals surface area (Å²) in [6.45, 7) is 3.92. The largest absolute Gasteiger partial charge is 0.478 e. The molecule has 0 unspecified atom stereocenters. The third-order valence-electron chi connectivity index (χ3n) is 2.08. The first-order valence-corrected chi connectivity index (χ1v) is 5.71. The Kier molecular flexibility index (Phi) is 4.90. The zero-order valence-corrected chi connectivity index (χ0v) is 10.7. The second kappa shape index (κ2) is 6.20. The first-order chi connectivity index (χ1) is 8.00. The van der Waals surface area contributed by atoms with Crippen LogP contribution in [0.5, 0.6) is 0 Å². The number of hydrogen-bond acceptors (Lipinski definition) is 2. The van der Waals surface area contributed by atoms with Crippen LogP contribution in [0.2, 0.25) is 0 Å². The van der Waals surface area contributed by atoms with Gasteiger partial charge in [-0.25, -0.2) is 4.79 Å². The highest BCUT2D eigenvalue weighted by molar-refractivity contribution is 9.11. The molecule has 2 N–H and O–H groups in total. The van der Waals surface area contributed by atoms with E-state index in [1.54, 1.807) is 18.2 Å². The van der Waals surface area contributed by atoms with Gasteiger partial charge in [-0.1, -0.05) is 40.7 Å². The molecular formula is C12H12BrNO3. The number of rotatable bonds is 5. The van der Waals surface area contributed by atoms with Gasteiger partial charge in [0.15, 0.2) is 0 Å². The summed E-state index contributed by atoms with van der Waals surface area (Å²) in [5.74, 6) is -1.27. The number of amides is 1. The molecule has 4 nitrogen and oxygen atoms in total. The number of carboxylic acid groups (broad SMARTS) is 1. The van der Waals surface area contributed by atoms with E-state index in [1.807, 2.05) is 0 Å². The number of carbonyl (C=O) groups is 2. The Morgan fingerprint density at radius 2 is 2.00 bits per heavy atom. The highest BCUT2D eigenvalue weighted by Gasteiger charge is 2.11. The maximum Gasteiger partial charge on any atom is 0.335 e. The van der Waals surface area contributed by atoms with Crippen LogP contribution in [0.3, 0.4) is 0 Å². The molecule has 5 heteroatoms. The predicted molar refractivity (Wildman–Crippen MR) is 68.2 cm³/mol. The first-order valence-electron chi connectivity index (χ1n) is 4.92. The standard InChI is InChI=1S/C12H12BrNO3/c1-8(13)7-14-11(15)6-9-4-2-3-5-10(9)12(16)17/h2-5H,1,6-7H2,(H,14,15)(H,16,17). The van der Waals surface area contributed by atoms with Crippen LogP contribution in [0, 0.1) is 0 Å². The van der Waals surface area contributed by atoms with Crippen molar-refractivity contribution in [3.05, 3.63) is 46.5 Å². The summed E-state index contributed by atoms with van der Waals surface area (Å²) in [4.78, 5) is 22.4. The van der Waals surface area contributed by atoms with Crippen LogP contribution in [-0.4, -0.2) is 23.5 Å². The van der Waals surface area contributed by atoms with E-state index >= 15 is 0 Å². The Balaban J connectivity index is 2.71. The molecule has 17 heavy (non-hydrogen) atoms. The van der Waals surface area contributed by atoms with Gasteiger partial charge in [-0.05, 0) is 11.6 Å². The van der Waals surface area contributed by atoms with E-state index in [4.69, 9.17) is 5.11 Å². The van der Waals surface area contributed by atoms with Gasteiger partial charge in [-0.2, -0.15) is 0 Å². The summed E-state index contributed by atoms with van der Waals surface area (Å²) >= 11 is 3.12. The Morgan fingerprint density at radius 1 is 1.35 bits per heavy atom. The number of aromatic carboxylic acids is 1. The van der Waals surface area contributed by atoms with E-state index in [1.165, 1.54) is 6.07 Å². The molecule has 0 aliphatic rings. The van der Waals surface area contributed by atoms with Gasteiger partial charge in [0, 0.05) is 11.0 Å². The van der Waals surface area contributed by atoms with Gasteiger partial charge in [0.25, 0.3) is 0 Å². The molecule has 0 saturated carbocycles. The lowest BCUT2D eigenvalue weighted by atomic mass is 10.0. The summed E-state index contributed by atoms with van der Waals surface area (Å²) < 4.78 is 0.664. The molecule has 0 fully saturated rings. The zero-order valence-electron chi connectivity index (χ0n) is 9.07. The van der Waals surface area contributed by atoms with E-state index in [9.17, 15) is 9.59 Å². The van der Waals surface area contributed by atoms with Crippen LogP contribution in [0.15, 0.2) is 35.3 Å². The van der Waals surface area contributed by atoms with Crippen LogP contribution >= 0.6 is 15.9 Å². The van der Waals surface area contributed by atoms with E-state index in [2.05, 4.69) is 27.8 Å². The summed E-state index contributed by atoms with van der Waals surface area (Å²) in [5, 5.41) is 11.6. The molecule has 0 aromatic heterocycles. The fraction of sp³-hybridized carbons (Fsp3) is 0.167. The summed E-state index contributed by atoms with van der Waals surface area (Å²) in [6.07, 6.45) is 0.0444. The van der Waals surface area contributed by atoms with Crippen LogP contribution in [-0.2, 0) is 11.2 Å². The predicted octanol–water partition coefficient (Wildman–Crippen LogP) is 1.95. The van der Waals surface area contributed by atoms with Gasteiger partial charge in [-0.15, -0.1) is 0 Å². The molecule has 0 aliphatic carbocycles. The first kappa shape index (κ1) is 13.4. The van der Waals surface area contributed by atoms with E-state index < -0.39 is 5.97 Å². The van der Waals surface area contributed by atoms with Crippen LogP contribution in [0.25, 0.3) is 0 Å². The number of nitrogens with one attached hydrogen (secondary N) is 1. The molecule has 1 aromatic carbocycles. The minimum absolute atomic E-state index is 0.0444. The lowest BCUT2D eigenvalue weighted by Gasteiger charge is -2.06. The van der Waals surface area contributed by atoms with Crippen LogP contribution in [0.4, 0.5) is 0 Å². The number of carbonyl (C=O) groups excluding carboxylic acids is 1. The van der Waals surface area contributed by atoms with Gasteiger partial charge in [-0.3, -0.25) is 4.79 Å². The monoisotopic (exact) mass is 297 g/mol. The third kappa shape index (κ3) is 4.40. The van der Waals surface area contributed by atoms with Crippen molar-refractivity contribution < 1.29 is 14.7 Å². The zero-order chi connectivity index (χ0) is 12.8. The van der Waals surface area contributed by atoms with Gasteiger partial charge >= 0.3 is 5.97 Å². The molecule has 90 valence electrons. The van der Waals surface area contributed by atoms with Gasteiger partial charge in [0.2, 0.25) is 5.91 Å². The van der Waals surface area contributed by atoms with Crippen molar-refractivity contribution in [3.8, 4) is 0 Å². The summed E-state index contributed by atoms with van der Waals surface area (Å²) in [6, 6.07) is 6.45. The topological polar surface area (TPSA) is 66.4 Å². The molecule has 1 amide bonds. The minimum atomic E-state index is -1.03. The van der Waals surface area contributed by atoms with Crippen molar-refractivity contribution in [2.75, 3.05) is 6.54 Å². The molecule has 0 bridgehead atoms. The Morgan fingerprint density at radius 3 is 2.59 bits per heavy atom. The lowest BCUT2D eigenvalue weighted by Crippen LogP contribution is -2.26. The number of carboxylic acids is 1. The van der Waals surface area contributed by atoms with Crippen molar-refractivity contribution in [1.82, 2.24) is 5.32 Å². The average Bonchev–Trinajstić information content (AvgIpc) is 2.27. The van der Waals surface area contributed by atoms with Crippen molar-refractivity contribution in [2.45, 2.75) is 6.42 Å². The van der Waals surface area contributed by atoms with Crippen molar-refractivity contribution in [2.24, 2.45) is 0 Å².